The van der Waals surface area contributed by atoms with Crippen molar-refractivity contribution in [1.82, 2.24) is 4.98 Å². The molecule has 1 heterocycles. The number of allylic oxidation sites excluding steroid dienone is 1. The van der Waals surface area contributed by atoms with Crippen molar-refractivity contribution in [3.63, 3.8) is 0 Å². The Morgan fingerprint density at radius 3 is 2.70 bits per heavy atom. The molecule has 23 heavy (non-hydrogen) atoms. The van der Waals surface area contributed by atoms with Crippen LogP contribution in [-0.4, -0.2) is 28.0 Å². The molecule has 1 aliphatic carbocycles. The molecular formula is C17H12BrNO3S. The van der Waals surface area contributed by atoms with Gasteiger partial charge >= 0.3 is 5.97 Å². The fourth-order valence-electron chi connectivity index (χ4n) is 2.54. The molecule has 0 bridgehead atoms. The van der Waals surface area contributed by atoms with Gasteiger partial charge in [0, 0.05) is 22.4 Å². The van der Waals surface area contributed by atoms with Gasteiger partial charge in [0.15, 0.2) is 11.4 Å². The molecule has 0 fully saturated rings. The highest BCUT2D eigenvalue weighted by Crippen LogP contribution is 2.39. The minimum atomic E-state index is -0.702. The second-order valence-electron chi connectivity index (χ2n) is 5.02. The number of fused-ring (bicyclic) bond motifs is 1. The maximum absolute atomic E-state index is 11.7. The van der Waals surface area contributed by atoms with Crippen molar-refractivity contribution < 1.29 is 14.6 Å². The maximum atomic E-state index is 11.7. The summed E-state index contributed by atoms with van der Waals surface area (Å²) in [6, 6.07) is 9.87. The summed E-state index contributed by atoms with van der Waals surface area (Å²) in [5, 5.41) is 10.4. The standard InChI is InChI=1S/C17H12BrNO3S/c1-22-17(21)14-15(20)13-11(16(18)19-14)7-10(8-12(13)23)9-5-3-2-4-6-9/h2-7,20H,8H2,1H3. The van der Waals surface area contributed by atoms with E-state index in [9.17, 15) is 9.90 Å². The summed E-state index contributed by atoms with van der Waals surface area (Å²) in [6.07, 6.45) is 2.44. The lowest BCUT2D eigenvalue weighted by Crippen LogP contribution is -2.14. The van der Waals surface area contributed by atoms with Gasteiger partial charge in [0.1, 0.15) is 4.60 Å². The van der Waals surface area contributed by atoms with E-state index in [-0.39, 0.29) is 11.4 Å². The Hall–Kier alpha value is -2.05. The molecule has 6 heteroatoms. The van der Waals surface area contributed by atoms with E-state index in [1.807, 2.05) is 36.4 Å². The molecule has 0 atom stereocenters. The largest absolute Gasteiger partial charge is 0.505 e. The molecule has 1 N–H and O–H groups in total. The van der Waals surface area contributed by atoms with Gasteiger partial charge in [-0.15, -0.1) is 0 Å². The topological polar surface area (TPSA) is 59.4 Å². The molecule has 3 rings (SSSR count). The number of thiocarbonyl (C=S) groups is 1. The average Bonchev–Trinajstić information content (AvgIpc) is 2.57. The number of methoxy groups -OCH3 is 1. The molecule has 116 valence electrons. The molecule has 0 aliphatic heterocycles. The smallest absolute Gasteiger partial charge is 0.360 e. The monoisotopic (exact) mass is 389 g/mol. The maximum Gasteiger partial charge on any atom is 0.360 e. The Kier molecular flexibility index (Phi) is 4.28. The lowest BCUT2D eigenvalue weighted by atomic mass is 9.88. The van der Waals surface area contributed by atoms with Crippen molar-refractivity contribution >= 4 is 50.6 Å². The third-order valence-electron chi connectivity index (χ3n) is 3.63. The van der Waals surface area contributed by atoms with Crippen LogP contribution >= 0.6 is 28.1 Å². The van der Waals surface area contributed by atoms with Gasteiger partial charge in [-0.3, -0.25) is 0 Å². The zero-order valence-electron chi connectivity index (χ0n) is 12.2. The van der Waals surface area contributed by atoms with Crippen LogP contribution in [0, 0.1) is 0 Å². The zero-order chi connectivity index (χ0) is 16.6. The number of halogens is 1. The molecule has 0 amide bonds. The second kappa shape index (κ2) is 6.22. The Bertz CT molecular complexity index is 847. The molecule has 0 saturated carbocycles. The summed E-state index contributed by atoms with van der Waals surface area (Å²) in [4.78, 5) is 16.4. The normalized spacial score (nSPS) is 13.3. The number of rotatable bonds is 2. The van der Waals surface area contributed by atoms with Gasteiger partial charge in [-0.25, -0.2) is 9.78 Å². The highest BCUT2D eigenvalue weighted by molar-refractivity contribution is 9.10. The number of esters is 1. The first-order valence-corrected chi connectivity index (χ1v) is 8.03. The number of carbonyl (C=O) groups excluding carboxylic acids is 1. The van der Waals surface area contributed by atoms with Gasteiger partial charge in [0.2, 0.25) is 0 Å². The molecule has 2 aromatic rings. The van der Waals surface area contributed by atoms with Crippen molar-refractivity contribution in [1.29, 1.82) is 0 Å². The Morgan fingerprint density at radius 1 is 1.35 bits per heavy atom. The number of pyridine rings is 1. The summed E-state index contributed by atoms with van der Waals surface area (Å²) < 4.78 is 5.09. The predicted octanol–water partition coefficient (Wildman–Crippen LogP) is 4.00. The number of benzene rings is 1. The zero-order valence-corrected chi connectivity index (χ0v) is 14.6. The van der Waals surface area contributed by atoms with Crippen LogP contribution in [0.1, 0.15) is 33.6 Å². The minimum absolute atomic E-state index is 0.142. The van der Waals surface area contributed by atoms with E-state index >= 15 is 0 Å². The number of nitrogens with zero attached hydrogens (tertiary/aromatic N) is 1. The Labute approximate surface area is 146 Å². The van der Waals surface area contributed by atoms with Gasteiger partial charge in [-0.05, 0) is 33.1 Å². The first kappa shape index (κ1) is 15.8. The first-order chi connectivity index (χ1) is 11.0. The van der Waals surface area contributed by atoms with Gasteiger partial charge in [0.25, 0.3) is 0 Å². The SMILES string of the molecule is COC(=O)c1nc(Br)c2c(c1O)C(=S)CC(c1ccccc1)=C2. The number of aromatic nitrogens is 1. The summed E-state index contributed by atoms with van der Waals surface area (Å²) in [5.41, 5.74) is 3.09. The van der Waals surface area contributed by atoms with Crippen molar-refractivity contribution in [2.24, 2.45) is 0 Å². The van der Waals surface area contributed by atoms with E-state index in [0.717, 1.165) is 11.1 Å². The molecule has 4 nitrogen and oxygen atoms in total. The van der Waals surface area contributed by atoms with Crippen LogP contribution in [0.15, 0.2) is 34.9 Å². The lowest BCUT2D eigenvalue weighted by Gasteiger charge is -2.20. The van der Waals surface area contributed by atoms with Crippen molar-refractivity contribution in [3.8, 4) is 5.75 Å². The lowest BCUT2D eigenvalue weighted by molar-refractivity contribution is 0.0590. The van der Waals surface area contributed by atoms with Crippen molar-refractivity contribution in [3.05, 3.63) is 57.3 Å². The first-order valence-electron chi connectivity index (χ1n) is 6.83. The highest BCUT2D eigenvalue weighted by Gasteiger charge is 2.27. The van der Waals surface area contributed by atoms with Gasteiger partial charge in [-0.2, -0.15) is 0 Å². The minimum Gasteiger partial charge on any atom is -0.505 e. The number of hydrogen-bond donors (Lipinski definition) is 1. The average molecular weight is 390 g/mol. The van der Waals surface area contributed by atoms with Crippen LogP contribution in [0.25, 0.3) is 11.6 Å². The van der Waals surface area contributed by atoms with Gasteiger partial charge < -0.3 is 9.84 Å². The Balaban J connectivity index is 2.20. The van der Waals surface area contributed by atoms with Crippen molar-refractivity contribution in [2.75, 3.05) is 7.11 Å². The van der Waals surface area contributed by atoms with E-state index in [1.165, 1.54) is 7.11 Å². The second-order valence-corrected chi connectivity index (χ2v) is 6.26. The van der Waals surface area contributed by atoms with Crippen LogP contribution < -0.4 is 0 Å². The molecule has 1 aromatic heterocycles. The number of hydrogen-bond acceptors (Lipinski definition) is 5. The molecule has 0 spiro atoms. The fraction of sp³-hybridized carbons (Fsp3) is 0.118. The van der Waals surface area contributed by atoms with E-state index in [4.69, 9.17) is 12.2 Å². The Morgan fingerprint density at radius 2 is 2.04 bits per heavy atom. The summed E-state index contributed by atoms with van der Waals surface area (Å²) in [7, 11) is 1.24. The summed E-state index contributed by atoms with van der Waals surface area (Å²) in [5.74, 6) is -0.935. The van der Waals surface area contributed by atoms with E-state index < -0.39 is 5.97 Å². The molecule has 1 aliphatic rings. The van der Waals surface area contributed by atoms with E-state index in [0.29, 0.717) is 27.0 Å². The number of ether oxygens (including phenoxy) is 1. The molecule has 0 radical (unpaired) electrons. The van der Waals surface area contributed by atoms with Gasteiger partial charge in [0.05, 0.1) is 7.11 Å². The van der Waals surface area contributed by atoms with Crippen LogP contribution in [0.4, 0.5) is 0 Å². The molecule has 0 saturated heterocycles. The number of aromatic hydroxyl groups is 1. The predicted molar refractivity (Wildman–Crippen MR) is 95.6 cm³/mol. The highest BCUT2D eigenvalue weighted by atomic mass is 79.9. The van der Waals surface area contributed by atoms with E-state index in [2.05, 4.69) is 25.7 Å². The van der Waals surface area contributed by atoms with Crippen LogP contribution in [0.2, 0.25) is 0 Å². The van der Waals surface area contributed by atoms with Crippen LogP contribution in [0.3, 0.4) is 0 Å². The van der Waals surface area contributed by atoms with Crippen LogP contribution in [-0.2, 0) is 4.74 Å². The quantitative estimate of drug-likeness (QED) is 0.477. The van der Waals surface area contributed by atoms with Crippen LogP contribution in [0.5, 0.6) is 5.75 Å². The van der Waals surface area contributed by atoms with Crippen molar-refractivity contribution in [2.45, 2.75) is 6.42 Å². The number of carbonyl (C=O) groups is 1. The fourth-order valence-corrected chi connectivity index (χ4v) is 3.39. The molecule has 1 aromatic carbocycles. The summed E-state index contributed by atoms with van der Waals surface area (Å²) >= 11 is 8.82. The molecule has 0 unspecified atom stereocenters. The summed E-state index contributed by atoms with van der Waals surface area (Å²) in [6.45, 7) is 0. The molecular weight excluding hydrogens is 378 g/mol. The third kappa shape index (κ3) is 2.80. The third-order valence-corrected chi connectivity index (χ3v) is 4.59. The van der Waals surface area contributed by atoms with Gasteiger partial charge in [-0.1, -0.05) is 42.5 Å². The van der Waals surface area contributed by atoms with E-state index in [1.54, 1.807) is 0 Å².